The van der Waals surface area contributed by atoms with E-state index >= 15 is 0 Å². The van der Waals surface area contributed by atoms with E-state index in [1.54, 1.807) is 0 Å². The van der Waals surface area contributed by atoms with E-state index in [9.17, 15) is 4.79 Å². The van der Waals surface area contributed by atoms with E-state index in [1.165, 1.54) is 17.5 Å². The first-order valence-corrected chi connectivity index (χ1v) is 10.0. The number of piperidine rings is 1. The SMILES string of the molecule is Cc1ccccc1CC[C@H]1CCCN(C(=O)c2[nH]c3ccccc3c2C)C1. The molecule has 140 valence electrons. The molecule has 27 heavy (non-hydrogen) atoms. The molecule has 4 rings (SSSR count). The number of para-hydroxylation sites is 1. The van der Waals surface area contributed by atoms with Crippen molar-refractivity contribution in [3.63, 3.8) is 0 Å². The van der Waals surface area contributed by atoms with Crippen LogP contribution in [-0.2, 0) is 6.42 Å². The van der Waals surface area contributed by atoms with Crippen molar-refractivity contribution in [2.75, 3.05) is 13.1 Å². The summed E-state index contributed by atoms with van der Waals surface area (Å²) in [7, 11) is 0. The van der Waals surface area contributed by atoms with Crippen molar-refractivity contribution in [3.8, 4) is 0 Å². The molecule has 2 heterocycles. The molecule has 1 aromatic heterocycles. The molecular formula is C24H28N2O. The number of hydrogen-bond donors (Lipinski definition) is 1. The lowest BCUT2D eigenvalue weighted by Crippen LogP contribution is -2.40. The van der Waals surface area contributed by atoms with Gasteiger partial charge < -0.3 is 9.88 Å². The van der Waals surface area contributed by atoms with Gasteiger partial charge in [0.2, 0.25) is 0 Å². The van der Waals surface area contributed by atoms with Gasteiger partial charge >= 0.3 is 0 Å². The molecule has 3 nitrogen and oxygen atoms in total. The van der Waals surface area contributed by atoms with Crippen LogP contribution in [0.3, 0.4) is 0 Å². The van der Waals surface area contributed by atoms with Crippen LogP contribution in [0.5, 0.6) is 0 Å². The molecule has 1 atom stereocenters. The van der Waals surface area contributed by atoms with Gasteiger partial charge in [-0.3, -0.25) is 4.79 Å². The standard InChI is InChI=1S/C24H28N2O/c1-17-8-3-4-10-20(17)14-13-19-9-7-15-26(16-19)24(27)23-18(2)21-11-5-6-12-22(21)25-23/h3-6,8,10-12,19,25H,7,9,13-16H2,1-2H3/t19-/m1/s1. The first-order valence-electron chi connectivity index (χ1n) is 10.0. The topological polar surface area (TPSA) is 36.1 Å². The molecule has 0 aliphatic carbocycles. The Balaban J connectivity index is 1.45. The van der Waals surface area contributed by atoms with Crippen LogP contribution in [0.25, 0.3) is 10.9 Å². The maximum atomic E-state index is 13.2. The number of nitrogens with zero attached hydrogens (tertiary/aromatic N) is 1. The summed E-state index contributed by atoms with van der Waals surface area (Å²) in [4.78, 5) is 18.6. The third kappa shape index (κ3) is 3.64. The highest BCUT2D eigenvalue weighted by Gasteiger charge is 2.26. The van der Waals surface area contributed by atoms with E-state index in [0.29, 0.717) is 5.92 Å². The minimum absolute atomic E-state index is 0.157. The number of carbonyl (C=O) groups is 1. The van der Waals surface area contributed by atoms with Gasteiger partial charge in [-0.05, 0) is 68.2 Å². The monoisotopic (exact) mass is 360 g/mol. The molecule has 1 aliphatic heterocycles. The van der Waals surface area contributed by atoms with Crippen molar-refractivity contribution in [1.82, 2.24) is 9.88 Å². The van der Waals surface area contributed by atoms with Crippen LogP contribution in [0.1, 0.15) is 46.4 Å². The molecule has 1 N–H and O–H groups in total. The second-order valence-corrected chi connectivity index (χ2v) is 7.90. The Labute approximate surface area is 161 Å². The summed E-state index contributed by atoms with van der Waals surface area (Å²) in [5, 5.41) is 1.15. The van der Waals surface area contributed by atoms with Gasteiger partial charge in [-0.25, -0.2) is 0 Å². The van der Waals surface area contributed by atoms with E-state index in [1.807, 2.05) is 25.1 Å². The predicted octanol–water partition coefficient (Wildman–Crippen LogP) is 5.27. The molecule has 1 aliphatic rings. The van der Waals surface area contributed by atoms with Gasteiger partial charge in [0.15, 0.2) is 0 Å². The molecular weight excluding hydrogens is 332 g/mol. The maximum absolute atomic E-state index is 13.2. The van der Waals surface area contributed by atoms with Gasteiger partial charge in [0.25, 0.3) is 5.91 Å². The summed E-state index contributed by atoms with van der Waals surface area (Å²) in [6.07, 6.45) is 4.58. The van der Waals surface area contributed by atoms with Crippen LogP contribution >= 0.6 is 0 Å². The number of amides is 1. The lowest BCUT2D eigenvalue weighted by Gasteiger charge is -2.33. The largest absolute Gasteiger partial charge is 0.350 e. The number of hydrogen-bond acceptors (Lipinski definition) is 1. The van der Waals surface area contributed by atoms with E-state index < -0.39 is 0 Å². The van der Waals surface area contributed by atoms with Crippen molar-refractivity contribution >= 4 is 16.8 Å². The van der Waals surface area contributed by atoms with Crippen molar-refractivity contribution in [2.45, 2.75) is 39.5 Å². The number of benzene rings is 2. The first kappa shape index (κ1) is 17.8. The van der Waals surface area contributed by atoms with Gasteiger partial charge in [-0.15, -0.1) is 0 Å². The van der Waals surface area contributed by atoms with E-state index in [4.69, 9.17) is 0 Å². The second kappa shape index (κ2) is 7.59. The van der Waals surface area contributed by atoms with E-state index in [2.05, 4.69) is 47.1 Å². The predicted molar refractivity (Wildman–Crippen MR) is 111 cm³/mol. The van der Waals surface area contributed by atoms with Crippen molar-refractivity contribution in [1.29, 1.82) is 0 Å². The Kier molecular flexibility index (Phi) is 5.02. The number of aromatic amines is 1. The van der Waals surface area contributed by atoms with Crippen LogP contribution < -0.4 is 0 Å². The molecule has 3 aromatic rings. The van der Waals surface area contributed by atoms with Gasteiger partial charge in [-0.1, -0.05) is 42.5 Å². The Morgan fingerprint density at radius 1 is 1.11 bits per heavy atom. The van der Waals surface area contributed by atoms with E-state index in [-0.39, 0.29) is 5.91 Å². The minimum atomic E-state index is 0.157. The molecule has 0 spiro atoms. The number of aromatic nitrogens is 1. The number of nitrogens with one attached hydrogen (secondary N) is 1. The fourth-order valence-electron chi connectivity index (χ4n) is 4.39. The van der Waals surface area contributed by atoms with Crippen LogP contribution in [0, 0.1) is 19.8 Å². The van der Waals surface area contributed by atoms with Crippen LogP contribution in [0.15, 0.2) is 48.5 Å². The Morgan fingerprint density at radius 2 is 1.89 bits per heavy atom. The number of fused-ring (bicyclic) bond motifs is 1. The highest BCUT2D eigenvalue weighted by atomic mass is 16.2. The maximum Gasteiger partial charge on any atom is 0.270 e. The Morgan fingerprint density at radius 3 is 2.70 bits per heavy atom. The van der Waals surface area contributed by atoms with E-state index in [0.717, 1.165) is 54.5 Å². The first-order chi connectivity index (χ1) is 13.1. The quantitative estimate of drug-likeness (QED) is 0.676. The summed E-state index contributed by atoms with van der Waals surface area (Å²) >= 11 is 0. The Hall–Kier alpha value is -2.55. The number of rotatable bonds is 4. The molecule has 0 unspecified atom stereocenters. The summed E-state index contributed by atoms with van der Waals surface area (Å²) in [5.41, 5.74) is 5.68. The van der Waals surface area contributed by atoms with Crippen molar-refractivity contribution < 1.29 is 4.79 Å². The van der Waals surface area contributed by atoms with Gasteiger partial charge in [-0.2, -0.15) is 0 Å². The third-order valence-corrected chi connectivity index (χ3v) is 6.07. The van der Waals surface area contributed by atoms with Gasteiger partial charge in [0.05, 0.1) is 0 Å². The fraction of sp³-hybridized carbons (Fsp3) is 0.375. The molecule has 2 aromatic carbocycles. The fourth-order valence-corrected chi connectivity index (χ4v) is 4.39. The molecule has 0 radical (unpaired) electrons. The lowest BCUT2D eigenvalue weighted by molar-refractivity contribution is 0.0662. The number of carbonyl (C=O) groups excluding carboxylic acids is 1. The zero-order valence-corrected chi connectivity index (χ0v) is 16.3. The summed E-state index contributed by atoms with van der Waals surface area (Å²) in [6, 6.07) is 16.8. The van der Waals surface area contributed by atoms with Crippen molar-refractivity contribution in [3.05, 3.63) is 70.9 Å². The number of likely N-dealkylation sites (tertiary alicyclic amines) is 1. The smallest absolute Gasteiger partial charge is 0.270 e. The summed E-state index contributed by atoms with van der Waals surface area (Å²) < 4.78 is 0. The second-order valence-electron chi connectivity index (χ2n) is 7.90. The number of aryl methyl sites for hydroxylation is 3. The molecule has 3 heteroatoms. The molecule has 1 saturated heterocycles. The highest BCUT2D eigenvalue weighted by Crippen LogP contribution is 2.26. The van der Waals surface area contributed by atoms with Gasteiger partial charge in [0.1, 0.15) is 5.69 Å². The molecule has 1 amide bonds. The summed E-state index contributed by atoms with van der Waals surface area (Å²) in [6.45, 7) is 5.98. The van der Waals surface area contributed by atoms with Crippen LogP contribution in [0.2, 0.25) is 0 Å². The van der Waals surface area contributed by atoms with Crippen LogP contribution in [0.4, 0.5) is 0 Å². The van der Waals surface area contributed by atoms with Crippen molar-refractivity contribution in [2.24, 2.45) is 5.92 Å². The molecule has 1 fully saturated rings. The average Bonchev–Trinajstić information content (AvgIpc) is 3.04. The summed E-state index contributed by atoms with van der Waals surface area (Å²) in [5.74, 6) is 0.747. The zero-order valence-electron chi connectivity index (χ0n) is 16.3. The minimum Gasteiger partial charge on any atom is -0.350 e. The zero-order chi connectivity index (χ0) is 18.8. The molecule has 0 saturated carbocycles. The normalized spacial score (nSPS) is 17.4. The third-order valence-electron chi connectivity index (χ3n) is 6.07. The Bertz CT molecular complexity index is 956. The lowest BCUT2D eigenvalue weighted by atomic mass is 9.90. The van der Waals surface area contributed by atoms with Crippen LogP contribution in [-0.4, -0.2) is 28.9 Å². The highest BCUT2D eigenvalue weighted by molar-refractivity contribution is 6.00. The van der Waals surface area contributed by atoms with Gasteiger partial charge in [0, 0.05) is 24.0 Å². The average molecular weight is 361 g/mol. The molecule has 0 bridgehead atoms. The number of H-pyrrole nitrogens is 1.